The van der Waals surface area contributed by atoms with Crippen LogP contribution in [0.2, 0.25) is 0 Å². The zero-order valence-electron chi connectivity index (χ0n) is 36.5. The van der Waals surface area contributed by atoms with E-state index in [1.807, 2.05) is 48.5 Å². The lowest BCUT2D eigenvalue weighted by atomic mass is 9.81. The minimum atomic E-state index is -1.65. The van der Waals surface area contributed by atoms with Gasteiger partial charge in [0.05, 0.1) is 45.6 Å². The van der Waals surface area contributed by atoms with E-state index in [2.05, 4.69) is 39.9 Å². The quantitative estimate of drug-likeness (QED) is 0.0941. The van der Waals surface area contributed by atoms with Crippen LogP contribution >= 0.6 is 0 Å². The lowest BCUT2D eigenvalue weighted by Gasteiger charge is -2.31. The first-order valence-corrected chi connectivity index (χ1v) is 21.7. The molecule has 0 atom stereocenters. The Morgan fingerprint density at radius 2 is 0.368 bits per heavy atom. The Balaban J connectivity index is 0.000000170. The average Bonchev–Trinajstić information content (AvgIpc) is 3.44. The topological polar surface area (TPSA) is 184 Å². The van der Waals surface area contributed by atoms with E-state index in [0.717, 1.165) is 0 Å². The fourth-order valence-electron chi connectivity index (χ4n) is 8.26. The fraction of sp³-hybridized carbons (Fsp3) is 0.0714. The molecule has 8 aromatic heterocycles. The van der Waals surface area contributed by atoms with Gasteiger partial charge in [-0.1, -0.05) is 84.9 Å². The number of benzene rings is 2. The van der Waals surface area contributed by atoms with E-state index in [1.165, 1.54) is 0 Å². The molecule has 0 aliphatic heterocycles. The molecule has 332 valence electrons. The predicted octanol–water partition coefficient (Wildman–Crippen LogP) is 7.67. The summed E-state index contributed by atoms with van der Waals surface area (Å²) in [5, 5.41) is 48.5. The maximum Gasteiger partial charge on any atom is 0.174 e. The highest BCUT2D eigenvalue weighted by molar-refractivity contribution is 5.50. The Bertz CT molecular complexity index is 2580. The van der Waals surface area contributed by atoms with E-state index in [0.29, 0.717) is 67.8 Å². The van der Waals surface area contributed by atoms with Crippen LogP contribution in [0.1, 0.15) is 67.8 Å². The maximum atomic E-state index is 12.1. The summed E-state index contributed by atoms with van der Waals surface area (Å²) in [6, 6.07) is 57.2. The lowest BCUT2D eigenvalue weighted by molar-refractivity contribution is 0.108. The molecule has 0 bridgehead atoms. The van der Waals surface area contributed by atoms with Gasteiger partial charge in [-0.2, -0.15) is 0 Å². The SMILES string of the molecule is OC(c1cccc(C(O)(c2ccccn2)c2ccccn2)c1)(c1ccccn1)c1ccccn1.OC(c1cccc(C(O)(c2ccccn2)c2ccccn2)c1)(c1ccccn1)c1ccccn1. The molecule has 4 N–H and O–H groups in total. The molecule has 0 amide bonds. The second-order valence-electron chi connectivity index (χ2n) is 15.7. The van der Waals surface area contributed by atoms with Crippen molar-refractivity contribution in [1.29, 1.82) is 0 Å². The Kier molecular flexibility index (Phi) is 12.8. The van der Waals surface area contributed by atoms with Gasteiger partial charge in [-0.25, -0.2) is 0 Å². The number of rotatable bonds is 12. The molecule has 0 spiro atoms. The predicted molar refractivity (Wildman–Crippen MR) is 255 cm³/mol. The summed E-state index contributed by atoms with van der Waals surface area (Å²) in [5.41, 5.74) is -1.18. The number of hydrogen-bond acceptors (Lipinski definition) is 12. The van der Waals surface area contributed by atoms with Crippen molar-refractivity contribution in [2.45, 2.75) is 22.4 Å². The third kappa shape index (κ3) is 8.43. The molecule has 0 saturated carbocycles. The highest BCUT2D eigenvalue weighted by Gasteiger charge is 2.43. The summed E-state index contributed by atoms with van der Waals surface area (Å²) in [6.07, 6.45) is 13.0. The highest BCUT2D eigenvalue weighted by atomic mass is 16.3. The number of aliphatic hydroxyl groups is 4. The van der Waals surface area contributed by atoms with Crippen molar-refractivity contribution in [3.8, 4) is 0 Å². The molecule has 0 aliphatic rings. The molecule has 0 radical (unpaired) electrons. The van der Waals surface area contributed by atoms with Crippen LogP contribution in [0.5, 0.6) is 0 Å². The van der Waals surface area contributed by atoms with Crippen LogP contribution in [0.3, 0.4) is 0 Å². The van der Waals surface area contributed by atoms with Crippen molar-refractivity contribution in [3.63, 3.8) is 0 Å². The van der Waals surface area contributed by atoms with Gasteiger partial charge in [-0.3, -0.25) is 39.9 Å². The van der Waals surface area contributed by atoms with Gasteiger partial charge in [0, 0.05) is 49.6 Å². The molecule has 68 heavy (non-hydrogen) atoms. The first kappa shape index (κ1) is 44.7. The maximum absolute atomic E-state index is 12.1. The molecule has 0 aliphatic carbocycles. The van der Waals surface area contributed by atoms with E-state index in [9.17, 15) is 20.4 Å². The van der Waals surface area contributed by atoms with Crippen LogP contribution < -0.4 is 0 Å². The molecule has 8 heterocycles. The van der Waals surface area contributed by atoms with Crippen LogP contribution in [0.15, 0.2) is 244 Å². The lowest BCUT2D eigenvalue weighted by Crippen LogP contribution is -2.34. The molecular formula is C56H44N8O4. The average molecular weight is 893 g/mol. The molecule has 10 rings (SSSR count). The summed E-state index contributed by atoms with van der Waals surface area (Å²) < 4.78 is 0. The largest absolute Gasteiger partial charge is 0.373 e. The van der Waals surface area contributed by atoms with E-state index in [-0.39, 0.29) is 0 Å². The molecule has 0 fully saturated rings. The normalized spacial score (nSPS) is 11.8. The van der Waals surface area contributed by atoms with Crippen molar-refractivity contribution in [1.82, 2.24) is 39.9 Å². The smallest absolute Gasteiger partial charge is 0.174 e. The first-order chi connectivity index (χ1) is 33.3. The van der Waals surface area contributed by atoms with Crippen LogP contribution in [0.4, 0.5) is 0 Å². The van der Waals surface area contributed by atoms with Crippen LogP contribution in [0, 0.1) is 0 Å². The Hall–Kier alpha value is -8.52. The number of nitrogens with zero attached hydrogens (tertiary/aromatic N) is 8. The van der Waals surface area contributed by atoms with Crippen molar-refractivity contribution in [3.05, 3.63) is 312 Å². The van der Waals surface area contributed by atoms with Crippen molar-refractivity contribution >= 4 is 0 Å². The minimum absolute atomic E-state index is 0.421. The van der Waals surface area contributed by atoms with Gasteiger partial charge in [0.15, 0.2) is 22.4 Å². The zero-order chi connectivity index (χ0) is 46.9. The number of pyridine rings is 8. The van der Waals surface area contributed by atoms with Gasteiger partial charge < -0.3 is 20.4 Å². The van der Waals surface area contributed by atoms with E-state index < -0.39 is 22.4 Å². The Labute approximate surface area is 392 Å². The molecule has 2 aromatic carbocycles. The van der Waals surface area contributed by atoms with Crippen LogP contribution in [-0.4, -0.2) is 60.3 Å². The molecule has 10 aromatic rings. The molecule has 0 saturated heterocycles. The van der Waals surface area contributed by atoms with Gasteiger partial charge in [0.1, 0.15) is 0 Å². The fourth-order valence-corrected chi connectivity index (χ4v) is 8.26. The third-order valence-corrected chi connectivity index (χ3v) is 11.7. The van der Waals surface area contributed by atoms with E-state index in [4.69, 9.17) is 0 Å². The minimum Gasteiger partial charge on any atom is -0.373 e. The molecular weight excluding hydrogens is 849 g/mol. The van der Waals surface area contributed by atoms with Gasteiger partial charge in [0.2, 0.25) is 0 Å². The zero-order valence-corrected chi connectivity index (χ0v) is 36.5. The van der Waals surface area contributed by atoms with E-state index >= 15 is 0 Å². The van der Waals surface area contributed by atoms with Gasteiger partial charge in [-0.05, 0) is 131 Å². The van der Waals surface area contributed by atoms with Crippen molar-refractivity contribution < 1.29 is 20.4 Å². The van der Waals surface area contributed by atoms with Crippen molar-refractivity contribution in [2.75, 3.05) is 0 Å². The van der Waals surface area contributed by atoms with Gasteiger partial charge in [-0.15, -0.1) is 0 Å². The number of aromatic nitrogens is 8. The van der Waals surface area contributed by atoms with Gasteiger partial charge >= 0.3 is 0 Å². The first-order valence-electron chi connectivity index (χ1n) is 21.7. The number of hydrogen-bond donors (Lipinski definition) is 4. The van der Waals surface area contributed by atoms with E-state index in [1.54, 1.807) is 195 Å². The Morgan fingerprint density at radius 3 is 0.500 bits per heavy atom. The monoisotopic (exact) mass is 892 g/mol. The second-order valence-corrected chi connectivity index (χ2v) is 15.7. The van der Waals surface area contributed by atoms with Gasteiger partial charge in [0.25, 0.3) is 0 Å². The highest BCUT2D eigenvalue weighted by Crippen LogP contribution is 2.41. The molecule has 12 nitrogen and oxygen atoms in total. The van der Waals surface area contributed by atoms with Crippen LogP contribution in [0.25, 0.3) is 0 Å². The Morgan fingerprint density at radius 1 is 0.206 bits per heavy atom. The summed E-state index contributed by atoms with van der Waals surface area (Å²) in [5.74, 6) is 0. The standard InChI is InChI=1S/2C28H22N4O2/c2*33-27(23-12-1-5-16-29-23,24-13-2-6-17-30-24)21-10-9-11-22(20-21)28(34,25-14-3-7-18-31-25)26-15-4-8-19-32-26/h2*1-20,33-34H. The summed E-state index contributed by atoms with van der Waals surface area (Å²) in [6.45, 7) is 0. The van der Waals surface area contributed by atoms with Crippen LogP contribution in [-0.2, 0) is 22.4 Å². The third-order valence-electron chi connectivity index (χ3n) is 11.7. The molecule has 0 unspecified atom stereocenters. The summed E-state index contributed by atoms with van der Waals surface area (Å²) in [4.78, 5) is 35.5. The molecule has 12 heteroatoms. The second kappa shape index (κ2) is 19.5. The van der Waals surface area contributed by atoms with Crippen molar-refractivity contribution in [2.24, 2.45) is 0 Å². The summed E-state index contributed by atoms with van der Waals surface area (Å²) in [7, 11) is 0. The summed E-state index contributed by atoms with van der Waals surface area (Å²) >= 11 is 0.